The zero-order valence-corrected chi connectivity index (χ0v) is 14.9. The highest BCUT2D eigenvalue weighted by molar-refractivity contribution is 6.23. The van der Waals surface area contributed by atoms with Gasteiger partial charge in [0.05, 0.1) is 17.5 Å². The van der Waals surface area contributed by atoms with Crippen LogP contribution in [-0.4, -0.2) is 16.9 Å². The second kappa shape index (κ2) is 5.32. The summed E-state index contributed by atoms with van der Waals surface area (Å²) in [5, 5.41) is 9.58. The van der Waals surface area contributed by atoms with Crippen molar-refractivity contribution in [1.82, 2.24) is 0 Å². The molecule has 0 aromatic heterocycles. The van der Waals surface area contributed by atoms with Gasteiger partial charge >= 0.3 is 0 Å². The minimum Gasteiger partial charge on any atom is -0.508 e. The first kappa shape index (κ1) is 15.6. The van der Waals surface area contributed by atoms with Crippen LogP contribution < -0.4 is 4.90 Å². The predicted molar refractivity (Wildman–Crippen MR) is 104 cm³/mol. The van der Waals surface area contributed by atoms with Crippen molar-refractivity contribution in [2.75, 3.05) is 4.90 Å². The van der Waals surface area contributed by atoms with Gasteiger partial charge in [-0.15, -0.1) is 0 Å². The van der Waals surface area contributed by atoms with Gasteiger partial charge < -0.3 is 5.11 Å². The SMILES string of the molecule is O=C1[C@@H]2C3c4ccccc4C(c4ccccc43)[C@H]2C(=O)N1c1ccc(O)cc1. The van der Waals surface area contributed by atoms with Crippen molar-refractivity contribution < 1.29 is 14.7 Å². The van der Waals surface area contributed by atoms with E-state index in [4.69, 9.17) is 0 Å². The van der Waals surface area contributed by atoms with Crippen LogP contribution >= 0.6 is 0 Å². The van der Waals surface area contributed by atoms with E-state index in [9.17, 15) is 14.7 Å². The fourth-order valence-corrected chi connectivity index (χ4v) is 5.53. The number of hydrogen-bond acceptors (Lipinski definition) is 3. The van der Waals surface area contributed by atoms with Gasteiger partial charge in [0.25, 0.3) is 0 Å². The summed E-state index contributed by atoms with van der Waals surface area (Å²) >= 11 is 0. The van der Waals surface area contributed by atoms with Gasteiger partial charge in [0, 0.05) is 11.8 Å². The molecule has 3 aliphatic carbocycles. The van der Waals surface area contributed by atoms with E-state index >= 15 is 0 Å². The number of hydrogen-bond donors (Lipinski definition) is 1. The van der Waals surface area contributed by atoms with Gasteiger partial charge in [0.1, 0.15) is 5.75 Å². The molecule has 1 saturated heterocycles. The maximum Gasteiger partial charge on any atom is 0.238 e. The van der Waals surface area contributed by atoms with E-state index in [-0.39, 0.29) is 41.2 Å². The Morgan fingerprint density at radius 3 is 1.39 bits per heavy atom. The van der Waals surface area contributed by atoms with Gasteiger partial charge in [-0.1, -0.05) is 48.5 Å². The van der Waals surface area contributed by atoms with Gasteiger partial charge in [0.2, 0.25) is 11.8 Å². The molecule has 3 aromatic carbocycles. The lowest BCUT2D eigenvalue weighted by Gasteiger charge is -2.45. The van der Waals surface area contributed by atoms with Crippen LogP contribution in [0.15, 0.2) is 72.8 Å². The van der Waals surface area contributed by atoms with Crippen molar-refractivity contribution in [3.8, 4) is 5.75 Å². The summed E-state index contributed by atoms with van der Waals surface area (Å²) in [6, 6.07) is 22.7. The Morgan fingerprint density at radius 1 is 0.607 bits per heavy atom. The lowest BCUT2D eigenvalue weighted by molar-refractivity contribution is -0.122. The van der Waals surface area contributed by atoms with E-state index in [1.807, 2.05) is 24.3 Å². The number of nitrogens with zero attached hydrogens (tertiary/aromatic N) is 1. The molecule has 1 N–H and O–H groups in total. The molecule has 28 heavy (non-hydrogen) atoms. The topological polar surface area (TPSA) is 57.6 Å². The number of amides is 2. The molecule has 1 aliphatic heterocycles. The molecule has 4 aliphatic rings. The van der Waals surface area contributed by atoms with E-state index in [0.29, 0.717) is 5.69 Å². The van der Waals surface area contributed by atoms with Crippen LogP contribution in [0.25, 0.3) is 0 Å². The maximum atomic E-state index is 13.5. The van der Waals surface area contributed by atoms with Crippen LogP contribution in [0.3, 0.4) is 0 Å². The van der Waals surface area contributed by atoms with Crippen LogP contribution in [0.4, 0.5) is 5.69 Å². The molecule has 4 heteroatoms. The van der Waals surface area contributed by atoms with Gasteiger partial charge in [-0.25, -0.2) is 4.90 Å². The minimum absolute atomic E-state index is 0.0963. The van der Waals surface area contributed by atoms with Crippen LogP contribution in [0, 0.1) is 11.8 Å². The predicted octanol–water partition coefficient (Wildman–Crippen LogP) is 3.79. The van der Waals surface area contributed by atoms with Crippen molar-refractivity contribution >= 4 is 17.5 Å². The van der Waals surface area contributed by atoms with Crippen molar-refractivity contribution in [3.05, 3.63) is 95.1 Å². The molecule has 2 amide bonds. The highest BCUT2D eigenvalue weighted by Gasteiger charge is 2.61. The van der Waals surface area contributed by atoms with Crippen molar-refractivity contribution in [2.24, 2.45) is 11.8 Å². The minimum atomic E-state index is -0.379. The van der Waals surface area contributed by atoms with E-state index in [0.717, 1.165) is 0 Å². The van der Waals surface area contributed by atoms with Crippen LogP contribution in [0.5, 0.6) is 5.75 Å². The molecule has 3 aromatic rings. The fraction of sp³-hybridized carbons (Fsp3) is 0.167. The summed E-state index contributed by atoms with van der Waals surface area (Å²) in [5.41, 5.74) is 5.19. The third-order valence-electron chi connectivity index (χ3n) is 6.56. The number of benzene rings is 3. The van der Waals surface area contributed by atoms with Crippen molar-refractivity contribution in [2.45, 2.75) is 11.8 Å². The van der Waals surface area contributed by atoms with Gasteiger partial charge in [-0.3, -0.25) is 9.59 Å². The molecule has 0 unspecified atom stereocenters. The third kappa shape index (κ3) is 1.80. The van der Waals surface area contributed by atoms with E-state index in [1.54, 1.807) is 12.1 Å². The molecule has 7 rings (SSSR count). The first-order chi connectivity index (χ1) is 13.7. The summed E-state index contributed by atoms with van der Waals surface area (Å²) in [5.74, 6) is -1.12. The molecule has 0 spiro atoms. The molecule has 2 bridgehead atoms. The monoisotopic (exact) mass is 367 g/mol. The van der Waals surface area contributed by atoms with Gasteiger partial charge in [-0.2, -0.15) is 0 Å². The van der Waals surface area contributed by atoms with Crippen molar-refractivity contribution in [1.29, 1.82) is 0 Å². The fourth-order valence-electron chi connectivity index (χ4n) is 5.53. The number of aromatic hydroxyl groups is 1. The Bertz CT molecular complexity index is 1040. The Morgan fingerprint density at radius 2 is 1.00 bits per heavy atom. The van der Waals surface area contributed by atoms with Crippen LogP contribution in [0.2, 0.25) is 0 Å². The summed E-state index contributed by atoms with van der Waals surface area (Å²) in [6.07, 6.45) is 0. The molecule has 0 radical (unpaired) electrons. The number of phenolic OH excluding ortho intramolecular Hbond substituents is 1. The lowest BCUT2D eigenvalue weighted by atomic mass is 9.55. The lowest BCUT2D eigenvalue weighted by Crippen LogP contribution is -2.41. The molecular formula is C24H17NO3. The molecule has 1 heterocycles. The highest BCUT2D eigenvalue weighted by atomic mass is 16.3. The number of carbonyl (C=O) groups is 2. The maximum absolute atomic E-state index is 13.5. The standard InChI is InChI=1S/C24H17NO3/c26-14-11-9-13(10-12-14)25-23(27)21-19-15-5-1-2-6-16(15)20(22(21)24(25)28)18-8-4-3-7-17(18)19/h1-12,19-22,26H/t19?,20?,21-,22-/m1/s1. The summed E-state index contributed by atoms with van der Waals surface area (Å²) in [7, 11) is 0. The first-order valence-electron chi connectivity index (χ1n) is 9.51. The third-order valence-corrected chi connectivity index (χ3v) is 6.56. The van der Waals surface area contributed by atoms with Crippen LogP contribution in [0.1, 0.15) is 34.1 Å². The Labute approximate surface area is 162 Å². The molecule has 1 fully saturated rings. The second-order valence-corrected chi connectivity index (χ2v) is 7.79. The Balaban J connectivity index is 1.57. The van der Waals surface area contributed by atoms with E-state index < -0.39 is 0 Å². The van der Waals surface area contributed by atoms with Crippen LogP contribution in [-0.2, 0) is 9.59 Å². The zero-order valence-electron chi connectivity index (χ0n) is 14.9. The highest BCUT2D eigenvalue weighted by Crippen LogP contribution is 2.61. The van der Waals surface area contributed by atoms with E-state index in [1.165, 1.54) is 39.3 Å². The summed E-state index contributed by atoms with van der Waals surface area (Å²) < 4.78 is 0. The average Bonchev–Trinajstić information content (AvgIpc) is 3.00. The molecular weight excluding hydrogens is 350 g/mol. The number of rotatable bonds is 1. The first-order valence-corrected chi connectivity index (χ1v) is 9.51. The van der Waals surface area contributed by atoms with Gasteiger partial charge in [0.15, 0.2) is 0 Å². The Hall–Kier alpha value is -3.40. The number of anilines is 1. The number of imide groups is 1. The summed E-state index contributed by atoms with van der Waals surface area (Å²) in [4.78, 5) is 28.3. The molecule has 136 valence electrons. The molecule has 0 saturated carbocycles. The second-order valence-electron chi connectivity index (χ2n) is 7.79. The Kier molecular flexibility index (Phi) is 2.97. The smallest absolute Gasteiger partial charge is 0.238 e. The van der Waals surface area contributed by atoms with E-state index in [2.05, 4.69) is 24.3 Å². The molecule has 2 atom stereocenters. The number of phenols is 1. The summed E-state index contributed by atoms with van der Waals surface area (Å²) in [6.45, 7) is 0. The average molecular weight is 367 g/mol. The number of carbonyl (C=O) groups excluding carboxylic acids is 2. The normalized spacial score (nSPS) is 26.8. The molecule has 4 nitrogen and oxygen atoms in total. The largest absolute Gasteiger partial charge is 0.508 e. The van der Waals surface area contributed by atoms with Gasteiger partial charge in [-0.05, 0) is 46.5 Å². The zero-order chi connectivity index (χ0) is 19.0. The van der Waals surface area contributed by atoms with Crippen molar-refractivity contribution in [3.63, 3.8) is 0 Å². The quantitative estimate of drug-likeness (QED) is 0.666.